The summed E-state index contributed by atoms with van der Waals surface area (Å²) in [6.07, 6.45) is 4.66. The monoisotopic (exact) mass is 473 g/mol. The summed E-state index contributed by atoms with van der Waals surface area (Å²) in [7, 11) is 0. The molecule has 1 aromatic heterocycles. The molecule has 0 saturated heterocycles. The molecule has 1 saturated carbocycles. The van der Waals surface area contributed by atoms with Crippen molar-refractivity contribution in [2.75, 3.05) is 12.4 Å². The van der Waals surface area contributed by atoms with E-state index in [0.717, 1.165) is 23.3 Å². The number of rotatable bonds is 10. The maximum absolute atomic E-state index is 12.4. The second-order valence-corrected chi connectivity index (χ2v) is 9.60. The largest absolute Gasteiger partial charge is 0.483 e. The molecule has 2 N–H and O–H groups in total. The Balaban J connectivity index is 1.47. The second-order valence-electron chi connectivity index (χ2n) is 8.65. The molecule has 1 aromatic carbocycles. The third kappa shape index (κ3) is 6.96. The van der Waals surface area contributed by atoms with Crippen molar-refractivity contribution in [2.24, 2.45) is 5.92 Å². The minimum Gasteiger partial charge on any atom is -0.483 e. The molecule has 2 amide bonds. The molecule has 3 rings (SSSR count). The minimum absolute atomic E-state index is 0.0305. The number of amides is 2. The predicted molar refractivity (Wildman–Crippen MR) is 129 cm³/mol. The highest BCUT2D eigenvalue weighted by atomic mass is 32.2. The summed E-state index contributed by atoms with van der Waals surface area (Å²) in [5.74, 6) is 2.03. The van der Waals surface area contributed by atoms with E-state index in [4.69, 9.17) is 4.74 Å². The number of benzene rings is 1. The van der Waals surface area contributed by atoms with Crippen molar-refractivity contribution >= 4 is 23.6 Å². The summed E-state index contributed by atoms with van der Waals surface area (Å²) < 4.78 is 7.64. The summed E-state index contributed by atoms with van der Waals surface area (Å²) in [5, 5.41) is 15.1. The highest BCUT2D eigenvalue weighted by Crippen LogP contribution is 2.24. The molecule has 1 heterocycles. The summed E-state index contributed by atoms with van der Waals surface area (Å²) in [5.41, 5.74) is 1.99. The van der Waals surface area contributed by atoms with Gasteiger partial charge < -0.3 is 19.9 Å². The van der Waals surface area contributed by atoms with Gasteiger partial charge in [0.15, 0.2) is 17.6 Å². The number of nitrogens with zero attached hydrogens (tertiary/aromatic N) is 3. The topological polar surface area (TPSA) is 98.1 Å². The van der Waals surface area contributed by atoms with Gasteiger partial charge in [0, 0.05) is 12.6 Å². The standard InChI is InChI=1S/C24H35N5O3S/c1-5-29-20(13-25-21(30)14-32-23-17(3)10-8-11-18(23)4)27-28-24(29)33-15-22(31)26-19-12-7-6-9-16(19)2/h8,10-11,16,19H,5-7,9,12-15H2,1-4H3,(H,25,30)(H,26,31)/t16-,19+/m0/s1. The third-order valence-corrected chi connectivity index (χ3v) is 7.07. The Morgan fingerprint density at radius 3 is 2.58 bits per heavy atom. The number of hydrogen-bond donors (Lipinski definition) is 2. The lowest BCUT2D eigenvalue weighted by molar-refractivity contribution is -0.123. The molecule has 0 radical (unpaired) electrons. The van der Waals surface area contributed by atoms with E-state index < -0.39 is 0 Å². The fraction of sp³-hybridized carbons (Fsp3) is 0.583. The molecule has 1 fully saturated rings. The SMILES string of the molecule is CCn1c(CNC(=O)COc2c(C)cccc2C)nnc1SCC(=O)N[C@@H]1CCCC[C@@H]1C. The van der Waals surface area contributed by atoms with Gasteiger partial charge in [0.05, 0.1) is 12.3 Å². The fourth-order valence-electron chi connectivity index (χ4n) is 4.18. The van der Waals surface area contributed by atoms with Crippen LogP contribution in [0.1, 0.15) is 56.5 Å². The van der Waals surface area contributed by atoms with Gasteiger partial charge in [-0.1, -0.05) is 49.7 Å². The van der Waals surface area contributed by atoms with E-state index in [-0.39, 0.29) is 31.0 Å². The average molecular weight is 474 g/mol. The Morgan fingerprint density at radius 2 is 1.88 bits per heavy atom. The lowest BCUT2D eigenvalue weighted by atomic mass is 9.86. The van der Waals surface area contributed by atoms with Crippen LogP contribution in [0.25, 0.3) is 0 Å². The fourth-order valence-corrected chi connectivity index (χ4v) is 5.01. The predicted octanol–water partition coefficient (Wildman–Crippen LogP) is 3.40. The Morgan fingerprint density at radius 1 is 1.15 bits per heavy atom. The van der Waals surface area contributed by atoms with E-state index in [1.807, 2.05) is 43.5 Å². The van der Waals surface area contributed by atoms with Crippen LogP contribution < -0.4 is 15.4 Å². The third-order valence-electron chi connectivity index (χ3n) is 6.10. The van der Waals surface area contributed by atoms with Crippen LogP contribution in [0, 0.1) is 19.8 Å². The minimum atomic E-state index is -0.224. The number of ether oxygens (including phenoxy) is 1. The zero-order valence-electron chi connectivity index (χ0n) is 20.0. The van der Waals surface area contributed by atoms with Gasteiger partial charge >= 0.3 is 0 Å². The lowest BCUT2D eigenvalue weighted by Gasteiger charge is -2.29. The van der Waals surface area contributed by atoms with Crippen molar-refractivity contribution in [3.8, 4) is 5.75 Å². The first-order valence-electron chi connectivity index (χ1n) is 11.7. The van der Waals surface area contributed by atoms with Crippen LogP contribution in [0.15, 0.2) is 23.4 Å². The molecule has 0 aliphatic heterocycles. The van der Waals surface area contributed by atoms with Crippen LogP contribution in [-0.4, -0.2) is 45.0 Å². The Bertz CT molecular complexity index is 941. The molecule has 180 valence electrons. The summed E-state index contributed by atoms with van der Waals surface area (Å²) in [4.78, 5) is 24.7. The van der Waals surface area contributed by atoms with E-state index in [1.54, 1.807) is 0 Å². The highest BCUT2D eigenvalue weighted by Gasteiger charge is 2.23. The van der Waals surface area contributed by atoms with Gasteiger partial charge in [0.2, 0.25) is 5.91 Å². The number of carbonyl (C=O) groups is 2. The van der Waals surface area contributed by atoms with Gasteiger partial charge in [-0.25, -0.2) is 0 Å². The number of nitrogens with one attached hydrogen (secondary N) is 2. The maximum Gasteiger partial charge on any atom is 0.258 e. The number of aromatic nitrogens is 3. The molecule has 1 aliphatic carbocycles. The first-order valence-corrected chi connectivity index (χ1v) is 12.7. The lowest BCUT2D eigenvalue weighted by Crippen LogP contribution is -2.41. The maximum atomic E-state index is 12.4. The van der Waals surface area contributed by atoms with E-state index in [9.17, 15) is 9.59 Å². The van der Waals surface area contributed by atoms with Crippen molar-refractivity contribution in [2.45, 2.75) is 77.7 Å². The zero-order chi connectivity index (χ0) is 23.8. The number of thioether (sulfide) groups is 1. The van der Waals surface area contributed by atoms with Crippen molar-refractivity contribution in [1.29, 1.82) is 0 Å². The van der Waals surface area contributed by atoms with Crippen LogP contribution in [0.4, 0.5) is 0 Å². The van der Waals surface area contributed by atoms with Crippen molar-refractivity contribution < 1.29 is 14.3 Å². The number of aryl methyl sites for hydroxylation is 2. The molecule has 0 spiro atoms. The van der Waals surface area contributed by atoms with E-state index in [0.29, 0.717) is 29.2 Å². The molecule has 0 unspecified atom stereocenters. The van der Waals surface area contributed by atoms with Crippen LogP contribution in [0.5, 0.6) is 5.75 Å². The van der Waals surface area contributed by atoms with E-state index >= 15 is 0 Å². The smallest absolute Gasteiger partial charge is 0.258 e. The van der Waals surface area contributed by atoms with Gasteiger partial charge in [-0.2, -0.15) is 0 Å². The van der Waals surface area contributed by atoms with Gasteiger partial charge in [-0.3, -0.25) is 9.59 Å². The molecule has 33 heavy (non-hydrogen) atoms. The molecular weight excluding hydrogens is 438 g/mol. The first kappa shape index (κ1) is 25.1. The summed E-state index contributed by atoms with van der Waals surface area (Å²) in [6, 6.07) is 6.15. The molecule has 0 bridgehead atoms. The molecule has 2 atom stereocenters. The molecular formula is C24H35N5O3S. The van der Waals surface area contributed by atoms with Crippen molar-refractivity contribution in [3.05, 3.63) is 35.2 Å². The van der Waals surface area contributed by atoms with Crippen LogP contribution in [0.3, 0.4) is 0 Å². The molecule has 8 nitrogen and oxygen atoms in total. The van der Waals surface area contributed by atoms with Gasteiger partial charge in [-0.05, 0) is 50.7 Å². The zero-order valence-corrected chi connectivity index (χ0v) is 20.8. The van der Waals surface area contributed by atoms with Gasteiger partial charge in [-0.15, -0.1) is 10.2 Å². The van der Waals surface area contributed by atoms with Crippen LogP contribution in [-0.2, 0) is 22.7 Å². The van der Waals surface area contributed by atoms with Gasteiger partial charge in [0.1, 0.15) is 5.75 Å². The number of carbonyl (C=O) groups excluding carboxylic acids is 2. The number of para-hydroxylation sites is 1. The number of hydrogen-bond acceptors (Lipinski definition) is 6. The summed E-state index contributed by atoms with van der Waals surface area (Å²) in [6.45, 7) is 8.96. The average Bonchev–Trinajstić information content (AvgIpc) is 3.19. The van der Waals surface area contributed by atoms with Crippen molar-refractivity contribution in [3.63, 3.8) is 0 Å². The summed E-state index contributed by atoms with van der Waals surface area (Å²) >= 11 is 1.38. The highest BCUT2D eigenvalue weighted by molar-refractivity contribution is 7.99. The molecule has 2 aromatic rings. The second kappa shape index (κ2) is 12.1. The Hall–Kier alpha value is -2.55. The van der Waals surface area contributed by atoms with Crippen molar-refractivity contribution in [1.82, 2.24) is 25.4 Å². The quantitative estimate of drug-likeness (QED) is 0.513. The van der Waals surface area contributed by atoms with E-state index in [2.05, 4.69) is 27.8 Å². The van der Waals surface area contributed by atoms with Crippen LogP contribution in [0.2, 0.25) is 0 Å². The Labute approximate surface area is 200 Å². The molecule has 9 heteroatoms. The van der Waals surface area contributed by atoms with Crippen LogP contribution >= 0.6 is 11.8 Å². The molecule has 1 aliphatic rings. The first-order chi connectivity index (χ1) is 15.9. The normalized spacial score (nSPS) is 18.1. The van der Waals surface area contributed by atoms with E-state index in [1.165, 1.54) is 31.0 Å². The Kier molecular flexibility index (Phi) is 9.17. The van der Waals surface area contributed by atoms with Gasteiger partial charge in [0.25, 0.3) is 5.91 Å².